The van der Waals surface area contributed by atoms with E-state index in [1.54, 1.807) is 0 Å². The lowest BCUT2D eigenvalue weighted by Gasteiger charge is -2.34. The molecule has 0 saturated carbocycles. The van der Waals surface area contributed by atoms with Crippen LogP contribution in [0, 0.1) is 0 Å². The highest BCUT2D eigenvalue weighted by atomic mass is 35.5. The Labute approximate surface area is 163 Å². The van der Waals surface area contributed by atoms with E-state index >= 15 is 0 Å². The van der Waals surface area contributed by atoms with Crippen molar-refractivity contribution in [2.24, 2.45) is 0 Å². The number of nitrogens with zero attached hydrogens (tertiary/aromatic N) is 1. The monoisotopic (exact) mass is 419 g/mol. The molecule has 0 aromatic heterocycles. The molecule has 150 valence electrons. The van der Waals surface area contributed by atoms with Gasteiger partial charge < -0.3 is 20.1 Å². The molecule has 27 heavy (non-hydrogen) atoms. The second-order valence-corrected chi connectivity index (χ2v) is 8.03. The number of hydrogen-bond acceptors (Lipinski definition) is 6. The van der Waals surface area contributed by atoms with Gasteiger partial charge in [-0.15, -0.1) is 0 Å². The van der Waals surface area contributed by atoms with Crippen LogP contribution >= 0.6 is 11.6 Å². The van der Waals surface area contributed by atoms with Gasteiger partial charge in [0.1, 0.15) is 6.23 Å². The summed E-state index contributed by atoms with van der Waals surface area (Å²) in [7, 11) is -2.36. The van der Waals surface area contributed by atoms with E-state index < -0.39 is 28.1 Å². The minimum absolute atomic E-state index is 0.0750. The Morgan fingerprint density at radius 2 is 1.93 bits per heavy atom. The minimum atomic E-state index is -3.83. The zero-order chi connectivity index (χ0) is 19.9. The van der Waals surface area contributed by atoms with Crippen molar-refractivity contribution >= 4 is 33.4 Å². The van der Waals surface area contributed by atoms with Gasteiger partial charge in [0.25, 0.3) is 0 Å². The Morgan fingerprint density at radius 1 is 1.26 bits per heavy atom. The maximum Gasteiger partial charge on any atom is 0.309 e. The average Bonchev–Trinajstić information content (AvgIpc) is 2.66. The molecular weight excluding hydrogens is 398 g/mol. The van der Waals surface area contributed by atoms with E-state index in [4.69, 9.17) is 21.1 Å². The third-order valence-corrected chi connectivity index (χ3v) is 5.96. The van der Waals surface area contributed by atoms with Crippen molar-refractivity contribution in [3.63, 3.8) is 0 Å². The van der Waals surface area contributed by atoms with Crippen LogP contribution < -0.4 is 10.6 Å². The van der Waals surface area contributed by atoms with Gasteiger partial charge in [-0.2, -0.15) is 4.31 Å². The SMILES string of the molecule is COCCNC(=O)C(=O)NCC1OCCCN1S(=O)(=O)c1ccc(Cl)cc1. The summed E-state index contributed by atoms with van der Waals surface area (Å²) < 4.78 is 37.2. The van der Waals surface area contributed by atoms with Gasteiger partial charge in [-0.05, 0) is 30.7 Å². The molecule has 0 spiro atoms. The van der Waals surface area contributed by atoms with E-state index in [1.807, 2.05) is 0 Å². The Balaban J connectivity index is 2.01. The Bertz CT molecular complexity index is 756. The molecule has 11 heteroatoms. The van der Waals surface area contributed by atoms with Crippen LogP contribution in [0.15, 0.2) is 29.2 Å². The number of ether oxygens (including phenoxy) is 2. The van der Waals surface area contributed by atoms with Crippen molar-refractivity contribution in [3.8, 4) is 0 Å². The summed E-state index contributed by atoms with van der Waals surface area (Å²) in [6, 6.07) is 5.79. The Kier molecular flexibility index (Phi) is 7.99. The highest BCUT2D eigenvalue weighted by Crippen LogP contribution is 2.23. The maximum atomic E-state index is 12.9. The molecular formula is C16H22ClN3O6S. The molecule has 9 nitrogen and oxygen atoms in total. The van der Waals surface area contributed by atoms with Gasteiger partial charge in [-0.3, -0.25) is 9.59 Å². The first kappa shape index (κ1) is 21.6. The Morgan fingerprint density at radius 3 is 2.59 bits per heavy atom. The van der Waals surface area contributed by atoms with Gasteiger partial charge in [-0.1, -0.05) is 11.6 Å². The van der Waals surface area contributed by atoms with Gasteiger partial charge >= 0.3 is 11.8 Å². The average molecular weight is 420 g/mol. The van der Waals surface area contributed by atoms with E-state index in [1.165, 1.54) is 35.7 Å². The number of sulfonamides is 1. The maximum absolute atomic E-state index is 12.9. The lowest BCUT2D eigenvalue weighted by atomic mass is 10.3. The molecule has 2 rings (SSSR count). The summed E-state index contributed by atoms with van der Waals surface area (Å²) in [5.41, 5.74) is 0. The quantitative estimate of drug-likeness (QED) is 0.473. The van der Waals surface area contributed by atoms with E-state index in [0.29, 0.717) is 18.1 Å². The van der Waals surface area contributed by atoms with Crippen LogP contribution in [-0.2, 0) is 29.1 Å². The number of rotatable bonds is 7. The summed E-state index contributed by atoms with van der Waals surface area (Å²) in [6.07, 6.45) is -0.385. The first-order valence-electron chi connectivity index (χ1n) is 8.30. The third-order valence-electron chi connectivity index (χ3n) is 3.81. The van der Waals surface area contributed by atoms with E-state index in [-0.39, 0.29) is 31.1 Å². The van der Waals surface area contributed by atoms with Crippen LogP contribution in [0.2, 0.25) is 5.02 Å². The molecule has 1 aromatic rings. The van der Waals surface area contributed by atoms with Crippen LogP contribution in [0.4, 0.5) is 0 Å². The number of carbonyl (C=O) groups is 2. The van der Waals surface area contributed by atoms with Crippen molar-refractivity contribution in [2.75, 3.05) is 40.0 Å². The predicted octanol–water partition coefficient (Wildman–Crippen LogP) is -0.0441. The summed E-state index contributed by atoms with van der Waals surface area (Å²) >= 11 is 5.81. The molecule has 1 heterocycles. The van der Waals surface area contributed by atoms with Crippen molar-refractivity contribution < 1.29 is 27.5 Å². The van der Waals surface area contributed by atoms with Gasteiger partial charge in [0.15, 0.2) is 0 Å². The second-order valence-electron chi connectivity index (χ2n) is 5.71. The largest absolute Gasteiger partial charge is 0.383 e. The number of carbonyl (C=O) groups excluding carboxylic acids is 2. The van der Waals surface area contributed by atoms with Crippen molar-refractivity contribution in [1.29, 1.82) is 0 Å². The summed E-state index contributed by atoms with van der Waals surface area (Å²) in [6.45, 7) is 0.916. The molecule has 2 N–H and O–H groups in total. The van der Waals surface area contributed by atoms with E-state index in [9.17, 15) is 18.0 Å². The topological polar surface area (TPSA) is 114 Å². The summed E-state index contributed by atoms with van der Waals surface area (Å²) in [5, 5.41) is 5.20. The smallest absolute Gasteiger partial charge is 0.309 e. The molecule has 1 saturated heterocycles. The number of nitrogens with one attached hydrogen (secondary N) is 2. The highest BCUT2D eigenvalue weighted by molar-refractivity contribution is 7.89. The zero-order valence-corrected chi connectivity index (χ0v) is 16.4. The molecule has 1 aliphatic rings. The van der Waals surface area contributed by atoms with Crippen LogP contribution in [-0.4, -0.2) is 70.7 Å². The van der Waals surface area contributed by atoms with Crippen molar-refractivity contribution in [3.05, 3.63) is 29.3 Å². The van der Waals surface area contributed by atoms with Gasteiger partial charge in [0, 0.05) is 25.2 Å². The fraction of sp³-hybridized carbons (Fsp3) is 0.500. The van der Waals surface area contributed by atoms with Crippen molar-refractivity contribution in [2.45, 2.75) is 17.5 Å². The lowest BCUT2D eigenvalue weighted by Crippen LogP contribution is -2.53. The fourth-order valence-corrected chi connectivity index (χ4v) is 4.14. The number of benzene rings is 1. The summed E-state index contributed by atoms with van der Waals surface area (Å²) in [4.78, 5) is 23.6. The van der Waals surface area contributed by atoms with Crippen molar-refractivity contribution in [1.82, 2.24) is 14.9 Å². The molecule has 0 radical (unpaired) electrons. The molecule has 1 fully saturated rings. The van der Waals surface area contributed by atoms with E-state index in [0.717, 1.165) is 0 Å². The molecule has 2 amide bonds. The Hall–Kier alpha value is -1.72. The molecule has 1 unspecified atom stereocenters. The highest BCUT2D eigenvalue weighted by Gasteiger charge is 2.34. The first-order valence-corrected chi connectivity index (χ1v) is 10.1. The van der Waals surface area contributed by atoms with Crippen LogP contribution in [0.3, 0.4) is 0 Å². The van der Waals surface area contributed by atoms with Gasteiger partial charge in [-0.25, -0.2) is 8.42 Å². The molecule has 1 atom stereocenters. The number of hydrogen-bond donors (Lipinski definition) is 2. The van der Waals surface area contributed by atoms with Gasteiger partial charge in [0.05, 0.1) is 24.7 Å². The molecule has 0 bridgehead atoms. The van der Waals surface area contributed by atoms with Crippen LogP contribution in [0.25, 0.3) is 0 Å². The summed E-state index contributed by atoms with van der Waals surface area (Å²) in [5.74, 6) is -1.70. The molecule has 1 aliphatic heterocycles. The van der Waals surface area contributed by atoms with Crippen LogP contribution in [0.5, 0.6) is 0 Å². The predicted molar refractivity (Wildman–Crippen MR) is 97.6 cm³/mol. The number of halogens is 1. The number of amides is 2. The normalized spacial score (nSPS) is 18.1. The van der Waals surface area contributed by atoms with E-state index in [2.05, 4.69) is 10.6 Å². The fourth-order valence-electron chi connectivity index (χ4n) is 2.45. The van der Waals surface area contributed by atoms with Crippen LogP contribution in [0.1, 0.15) is 6.42 Å². The first-order chi connectivity index (χ1) is 12.9. The standard InChI is InChI=1S/C16H22ClN3O6S/c1-25-10-7-18-15(21)16(22)19-11-14-20(8-2-9-26-14)27(23,24)13-5-3-12(17)4-6-13/h3-6,14H,2,7-11H2,1H3,(H,18,21)(H,19,22). The lowest BCUT2D eigenvalue weighted by molar-refractivity contribution is -0.140. The third kappa shape index (κ3) is 5.88. The number of methoxy groups -OCH3 is 1. The minimum Gasteiger partial charge on any atom is -0.383 e. The molecule has 1 aromatic carbocycles. The second kappa shape index (κ2) is 10.00. The zero-order valence-electron chi connectivity index (χ0n) is 14.8. The van der Waals surface area contributed by atoms with Gasteiger partial charge in [0.2, 0.25) is 10.0 Å². The molecule has 0 aliphatic carbocycles.